The predicted molar refractivity (Wildman–Crippen MR) is 115 cm³/mol. The van der Waals surface area contributed by atoms with E-state index in [0.717, 1.165) is 41.5 Å². The number of amides is 2. The first-order valence-corrected chi connectivity index (χ1v) is 10.6. The molecule has 162 valence electrons. The zero-order chi connectivity index (χ0) is 21.8. The van der Waals surface area contributed by atoms with E-state index in [1.807, 2.05) is 36.4 Å². The van der Waals surface area contributed by atoms with Gasteiger partial charge >= 0.3 is 12.1 Å². The third-order valence-electron chi connectivity index (χ3n) is 6.20. The van der Waals surface area contributed by atoms with E-state index >= 15 is 0 Å². The minimum absolute atomic E-state index is 0.0504. The van der Waals surface area contributed by atoms with E-state index in [1.165, 1.54) is 0 Å². The highest BCUT2D eigenvalue weighted by Gasteiger charge is 2.31. The minimum atomic E-state index is -0.943. The van der Waals surface area contributed by atoms with E-state index < -0.39 is 24.0 Å². The van der Waals surface area contributed by atoms with Gasteiger partial charge in [-0.3, -0.25) is 9.59 Å². The largest absolute Gasteiger partial charge is 0.481 e. The highest BCUT2D eigenvalue weighted by Crippen LogP contribution is 2.44. The fourth-order valence-electron chi connectivity index (χ4n) is 4.43. The van der Waals surface area contributed by atoms with E-state index in [9.17, 15) is 14.4 Å². The van der Waals surface area contributed by atoms with Crippen molar-refractivity contribution < 1.29 is 24.2 Å². The molecule has 4 rings (SSSR count). The van der Waals surface area contributed by atoms with Crippen molar-refractivity contribution in [3.05, 3.63) is 59.7 Å². The summed E-state index contributed by atoms with van der Waals surface area (Å²) in [5, 5.41) is 14.3. The summed E-state index contributed by atoms with van der Waals surface area (Å²) in [5.74, 6) is -1.21. The molecule has 0 aromatic heterocycles. The molecular formula is C24H26N2O5. The molecule has 0 aliphatic heterocycles. The van der Waals surface area contributed by atoms with Gasteiger partial charge in [0.15, 0.2) is 0 Å². The van der Waals surface area contributed by atoms with Crippen LogP contribution in [-0.4, -0.2) is 42.3 Å². The zero-order valence-electron chi connectivity index (χ0n) is 17.2. The Morgan fingerprint density at radius 3 is 2.16 bits per heavy atom. The predicted octanol–water partition coefficient (Wildman–Crippen LogP) is 3.28. The molecule has 0 spiro atoms. The first kappa shape index (κ1) is 20.9. The lowest BCUT2D eigenvalue weighted by Gasteiger charge is -2.33. The number of aliphatic carboxylic acids is 1. The number of alkyl carbamates (subject to hydrolysis) is 1. The third-order valence-corrected chi connectivity index (χ3v) is 6.20. The van der Waals surface area contributed by atoms with Crippen molar-refractivity contribution in [2.75, 3.05) is 13.2 Å². The summed E-state index contributed by atoms with van der Waals surface area (Å²) in [5.41, 5.74) is 4.52. The monoisotopic (exact) mass is 422 g/mol. The molecule has 0 heterocycles. The number of carbonyl (C=O) groups is 3. The number of benzene rings is 2. The fourth-order valence-corrected chi connectivity index (χ4v) is 4.43. The van der Waals surface area contributed by atoms with Crippen molar-refractivity contribution in [1.29, 1.82) is 0 Å². The normalized spacial score (nSPS) is 15.9. The average molecular weight is 422 g/mol. The quantitative estimate of drug-likeness (QED) is 0.606. The molecule has 1 fully saturated rings. The molecule has 2 aromatic carbocycles. The first-order chi connectivity index (χ1) is 15.0. The molecule has 2 amide bonds. The van der Waals surface area contributed by atoms with Gasteiger partial charge in [0, 0.05) is 12.0 Å². The highest BCUT2D eigenvalue weighted by atomic mass is 16.5. The lowest BCUT2D eigenvalue weighted by Crippen LogP contribution is -2.47. The van der Waals surface area contributed by atoms with Crippen LogP contribution < -0.4 is 10.6 Å². The number of hydrogen-bond acceptors (Lipinski definition) is 4. The van der Waals surface area contributed by atoms with Gasteiger partial charge < -0.3 is 20.5 Å². The molecule has 2 aliphatic carbocycles. The highest BCUT2D eigenvalue weighted by molar-refractivity contribution is 5.83. The van der Waals surface area contributed by atoms with E-state index in [1.54, 1.807) is 0 Å². The lowest BCUT2D eigenvalue weighted by atomic mass is 9.78. The van der Waals surface area contributed by atoms with Gasteiger partial charge in [-0.05, 0) is 41.0 Å². The van der Waals surface area contributed by atoms with Crippen LogP contribution in [0.3, 0.4) is 0 Å². The number of hydrogen-bond donors (Lipinski definition) is 3. The van der Waals surface area contributed by atoms with Crippen molar-refractivity contribution >= 4 is 18.0 Å². The SMILES string of the molecule is O=C(O)CC(NC(=O)CNC(=O)OCC1c2ccccc2-c2ccccc21)C1CCC1. The Bertz CT molecular complexity index is 940. The van der Waals surface area contributed by atoms with Gasteiger partial charge in [0.2, 0.25) is 5.91 Å². The second-order valence-electron chi connectivity index (χ2n) is 8.14. The second kappa shape index (κ2) is 9.20. The fraction of sp³-hybridized carbons (Fsp3) is 0.375. The Morgan fingerprint density at radius 1 is 1.00 bits per heavy atom. The van der Waals surface area contributed by atoms with Crippen LogP contribution in [0, 0.1) is 5.92 Å². The van der Waals surface area contributed by atoms with Crippen LogP contribution >= 0.6 is 0 Å². The summed E-state index contributed by atoms with van der Waals surface area (Å²) < 4.78 is 5.42. The molecule has 2 aromatic rings. The van der Waals surface area contributed by atoms with Gasteiger partial charge in [-0.25, -0.2) is 4.79 Å². The molecule has 7 heteroatoms. The van der Waals surface area contributed by atoms with Crippen LogP contribution in [0.1, 0.15) is 42.7 Å². The Labute approximate surface area is 180 Å². The van der Waals surface area contributed by atoms with E-state index in [0.29, 0.717) is 0 Å². The molecule has 0 radical (unpaired) electrons. The Hall–Kier alpha value is -3.35. The maximum Gasteiger partial charge on any atom is 0.407 e. The molecule has 0 bridgehead atoms. The van der Waals surface area contributed by atoms with Crippen LogP contribution in [0.4, 0.5) is 4.79 Å². The molecule has 31 heavy (non-hydrogen) atoms. The molecule has 0 saturated heterocycles. The summed E-state index contributed by atoms with van der Waals surface area (Å²) >= 11 is 0. The van der Waals surface area contributed by atoms with E-state index in [2.05, 4.69) is 22.8 Å². The molecule has 2 aliphatic rings. The first-order valence-electron chi connectivity index (χ1n) is 10.6. The van der Waals surface area contributed by atoms with Crippen LogP contribution in [0.15, 0.2) is 48.5 Å². The number of carboxylic acids is 1. The van der Waals surface area contributed by atoms with Crippen LogP contribution in [0.2, 0.25) is 0 Å². The molecular weight excluding hydrogens is 396 g/mol. The molecule has 1 atom stereocenters. The maximum absolute atomic E-state index is 12.2. The molecule has 3 N–H and O–H groups in total. The van der Waals surface area contributed by atoms with Gasteiger partial charge in [0.05, 0.1) is 6.42 Å². The van der Waals surface area contributed by atoms with Crippen LogP contribution in [0.5, 0.6) is 0 Å². The van der Waals surface area contributed by atoms with Crippen molar-refractivity contribution in [3.63, 3.8) is 0 Å². The second-order valence-corrected chi connectivity index (χ2v) is 8.14. The topological polar surface area (TPSA) is 105 Å². The summed E-state index contributed by atoms with van der Waals surface area (Å²) in [7, 11) is 0. The third kappa shape index (κ3) is 4.71. The van der Waals surface area contributed by atoms with Gasteiger partial charge in [0.1, 0.15) is 13.2 Å². The number of carboxylic acid groups (broad SMARTS) is 1. The maximum atomic E-state index is 12.2. The smallest absolute Gasteiger partial charge is 0.407 e. The lowest BCUT2D eigenvalue weighted by molar-refractivity contribution is -0.138. The molecule has 1 saturated carbocycles. The summed E-state index contributed by atoms with van der Waals surface area (Å²) in [4.78, 5) is 35.4. The standard InChI is InChI=1S/C24H26N2O5/c27-22(26-21(12-23(28)29)15-6-5-7-15)13-25-24(30)31-14-20-18-10-3-1-8-16(18)17-9-2-4-11-19(17)20/h1-4,8-11,15,20-21H,5-7,12-14H2,(H,25,30)(H,26,27)(H,28,29). The van der Waals surface area contributed by atoms with Crippen LogP contribution in [0.25, 0.3) is 11.1 Å². The molecule has 7 nitrogen and oxygen atoms in total. The van der Waals surface area contributed by atoms with Crippen LogP contribution in [-0.2, 0) is 14.3 Å². The minimum Gasteiger partial charge on any atom is -0.481 e. The van der Waals surface area contributed by atoms with Gasteiger partial charge in [-0.2, -0.15) is 0 Å². The number of carbonyl (C=O) groups excluding carboxylic acids is 2. The van der Waals surface area contributed by atoms with Crippen molar-refractivity contribution in [2.45, 2.75) is 37.6 Å². The van der Waals surface area contributed by atoms with Crippen molar-refractivity contribution in [1.82, 2.24) is 10.6 Å². The Morgan fingerprint density at radius 2 is 1.61 bits per heavy atom. The number of ether oxygens (including phenoxy) is 1. The summed E-state index contributed by atoms with van der Waals surface area (Å²) in [6.07, 6.45) is 2.10. The summed E-state index contributed by atoms with van der Waals surface area (Å²) in [6.45, 7) is -0.0787. The average Bonchev–Trinajstić information content (AvgIpc) is 3.03. The van der Waals surface area contributed by atoms with Crippen molar-refractivity contribution in [3.8, 4) is 11.1 Å². The zero-order valence-corrected chi connectivity index (χ0v) is 17.2. The van der Waals surface area contributed by atoms with Gasteiger partial charge in [-0.15, -0.1) is 0 Å². The number of rotatable bonds is 8. The van der Waals surface area contributed by atoms with E-state index in [-0.39, 0.29) is 31.4 Å². The van der Waals surface area contributed by atoms with E-state index in [4.69, 9.17) is 9.84 Å². The number of fused-ring (bicyclic) bond motifs is 3. The van der Waals surface area contributed by atoms with Crippen molar-refractivity contribution in [2.24, 2.45) is 5.92 Å². The summed E-state index contributed by atoms with van der Waals surface area (Å²) in [6, 6.07) is 15.7. The Kier molecular flexibility index (Phi) is 6.21. The Balaban J connectivity index is 1.29. The molecule has 1 unspecified atom stereocenters. The van der Waals surface area contributed by atoms with Gasteiger partial charge in [-0.1, -0.05) is 55.0 Å². The van der Waals surface area contributed by atoms with Gasteiger partial charge in [0.25, 0.3) is 0 Å². The number of nitrogens with one attached hydrogen (secondary N) is 2.